The number of aromatic nitrogens is 1. The van der Waals surface area contributed by atoms with Crippen molar-refractivity contribution in [2.45, 2.75) is 26.6 Å². The molecule has 19 heavy (non-hydrogen) atoms. The number of nitrogens with two attached hydrogens (primary N) is 1. The van der Waals surface area contributed by atoms with E-state index in [-0.39, 0.29) is 12.2 Å². The van der Waals surface area contributed by atoms with Crippen LogP contribution >= 0.6 is 0 Å². The Morgan fingerprint density at radius 2 is 1.63 bits per heavy atom. The van der Waals surface area contributed by atoms with Crippen molar-refractivity contribution in [3.63, 3.8) is 0 Å². The summed E-state index contributed by atoms with van der Waals surface area (Å²) >= 11 is 0. The first kappa shape index (κ1) is 13.7. The summed E-state index contributed by atoms with van der Waals surface area (Å²) in [6.45, 7) is 3.65. The van der Waals surface area contributed by atoms with Gasteiger partial charge in [-0.25, -0.2) is 0 Å². The Morgan fingerprint density at radius 1 is 1.05 bits per heavy atom. The van der Waals surface area contributed by atoms with Gasteiger partial charge >= 0.3 is 6.18 Å². The third-order valence-electron chi connectivity index (χ3n) is 3.11. The number of hydrogen-bond acceptors (Lipinski definition) is 1. The van der Waals surface area contributed by atoms with E-state index in [0.29, 0.717) is 5.56 Å². The van der Waals surface area contributed by atoms with Gasteiger partial charge in [0.15, 0.2) is 0 Å². The van der Waals surface area contributed by atoms with Crippen molar-refractivity contribution >= 4 is 0 Å². The lowest BCUT2D eigenvalue weighted by Crippen LogP contribution is -2.13. The maximum atomic E-state index is 13.2. The minimum absolute atomic E-state index is 0.0903. The first-order chi connectivity index (χ1) is 8.84. The highest BCUT2D eigenvalue weighted by atomic mass is 19.4. The van der Waals surface area contributed by atoms with E-state index in [1.54, 1.807) is 36.6 Å². The number of alkyl halides is 3. The predicted octanol–water partition coefficient (Wildman–Crippen LogP) is 3.57. The normalized spacial score (nSPS) is 11.9. The minimum Gasteiger partial charge on any atom is -0.326 e. The van der Waals surface area contributed by atoms with Crippen LogP contribution in [0.4, 0.5) is 13.2 Å². The van der Waals surface area contributed by atoms with Crippen LogP contribution in [0.15, 0.2) is 30.3 Å². The Balaban J connectivity index is 2.70. The molecule has 2 N–H and O–H groups in total. The van der Waals surface area contributed by atoms with Crippen LogP contribution < -0.4 is 5.73 Å². The summed E-state index contributed by atoms with van der Waals surface area (Å²) in [5, 5.41) is 0. The fourth-order valence-corrected chi connectivity index (χ4v) is 2.18. The van der Waals surface area contributed by atoms with E-state index in [4.69, 9.17) is 5.73 Å². The molecule has 1 aromatic heterocycles. The van der Waals surface area contributed by atoms with Gasteiger partial charge in [-0.05, 0) is 43.7 Å². The average Bonchev–Trinajstić information content (AvgIpc) is 2.67. The Labute approximate surface area is 109 Å². The standard InChI is InChI=1S/C14H15F3N2/c1-9-3-4-10(2)19(9)13-6-5-11(8-18)7-12(13)14(15,16)17/h3-7H,8,18H2,1-2H3. The lowest BCUT2D eigenvalue weighted by Gasteiger charge is -2.17. The molecule has 0 aliphatic carbocycles. The second-order valence-electron chi connectivity index (χ2n) is 4.50. The highest BCUT2D eigenvalue weighted by Gasteiger charge is 2.34. The summed E-state index contributed by atoms with van der Waals surface area (Å²) in [4.78, 5) is 0. The van der Waals surface area contributed by atoms with Crippen LogP contribution in [0.3, 0.4) is 0 Å². The molecule has 2 rings (SSSR count). The van der Waals surface area contributed by atoms with Gasteiger partial charge in [-0.15, -0.1) is 0 Å². The van der Waals surface area contributed by atoms with Gasteiger partial charge in [-0.2, -0.15) is 13.2 Å². The van der Waals surface area contributed by atoms with E-state index >= 15 is 0 Å². The molecular weight excluding hydrogens is 253 g/mol. The molecule has 0 aliphatic heterocycles. The molecule has 0 radical (unpaired) electrons. The van der Waals surface area contributed by atoms with Crippen LogP contribution in [0.2, 0.25) is 0 Å². The van der Waals surface area contributed by atoms with Gasteiger partial charge in [-0.3, -0.25) is 0 Å². The number of halogens is 3. The molecule has 2 nitrogen and oxygen atoms in total. The zero-order chi connectivity index (χ0) is 14.2. The number of aryl methyl sites for hydroxylation is 2. The molecule has 0 aliphatic rings. The lowest BCUT2D eigenvalue weighted by atomic mass is 10.1. The minimum atomic E-state index is -4.40. The van der Waals surface area contributed by atoms with Crippen molar-refractivity contribution in [1.29, 1.82) is 0 Å². The Kier molecular flexibility index (Phi) is 3.41. The molecule has 0 fully saturated rings. The van der Waals surface area contributed by atoms with Crippen LogP contribution in [-0.4, -0.2) is 4.57 Å². The fraction of sp³-hybridized carbons (Fsp3) is 0.286. The van der Waals surface area contributed by atoms with Crippen LogP contribution in [-0.2, 0) is 12.7 Å². The van der Waals surface area contributed by atoms with Gasteiger partial charge in [0, 0.05) is 17.9 Å². The monoisotopic (exact) mass is 268 g/mol. The zero-order valence-electron chi connectivity index (χ0n) is 10.8. The molecule has 1 aromatic carbocycles. The van der Waals surface area contributed by atoms with Gasteiger partial charge in [0.1, 0.15) is 0 Å². The molecule has 102 valence electrons. The third kappa shape index (κ3) is 2.51. The van der Waals surface area contributed by atoms with E-state index in [2.05, 4.69) is 0 Å². The number of nitrogens with zero attached hydrogens (tertiary/aromatic N) is 1. The smallest absolute Gasteiger partial charge is 0.326 e. The molecule has 0 unspecified atom stereocenters. The molecule has 0 saturated carbocycles. The molecule has 0 amide bonds. The molecular formula is C14H15F3N2. The molecule has 0 atom stereocenters. The van der Waals surface area contributed by atoms with Crippen molar-refractivity contribution in [2.75, 3.05) is 0 Å². The molecule has 0 saturated heterocycles. The quantitative estimate of drug-likeness (QED) is 0.886. The third-order valence-corrected chi connectivity index (χ3v) is 3.11. The number of benzene rings is 1. The largest absolute Gasteiger partial charge is 0.418 e. The summed E-state index contributed by atoms with van der Waals surface area (Å²) in [5.74, 6) is 0. The predicted molar refractivity (Wildman–Crippen MR) is 68.1 cm³/mol. The molecule has 1 heterocycles. The van der Waals surface area contributed by atoms with Crippen molar-refractivity contribution in [3.05, 3.63) is 52.8 Å². The highest BCUT2D eigenvalue weighted by molar-refractivity contribution is 5.48. The van der Waals surface area contributed by atoms with E-state index in [1.165, 1.54) is 6.07 Å². The van der Waals surface area contributed by atoms with Crippen molar-refractivity contribution < 1.29 is 13.2 Å². The topological polar surface area (TPSA) is 30.9 Å². The summed E-state index contributed by atoms with van der Waals surface area (Å²) in [6.07, 6.45) is -4.40. The summed E-state index contributed by atoms with van der Waals surface area (Å²) in [6, 6.07) is 7.82. The van der Waals surface area contributed by atoms with Crippen LogP contribution in [0.25, 0.3) is 5.69 Å². The second-order valence-corrected chi connectivity index (χ2v) is 4.50. The van der Waals surface area contributed by atoms with Crippen molar-refractivity contribution in [3.8, 4) is 5.69 Å². The summed E-state index contributed by atoms with van der Waals surface area (Å²) in [5.41, 5.74) is 6.91. The highest BCUT2D eigenvalue weighted by Crippen LogP contribution is 2.35. The Hall–Kier alpha value is -1.75. The summed E-state index contributed by atoms with van der Waals surface area (Å²) in [7, 11) is 0. The lowest BCUT2D eigenvalue weighted by molar-refractivity contribution is -0.137. The maximum absolute atomic E-state index is 13.2. The average molecular weight is 268 g/mol. The second kappa shape index (κ2) is 4.74. The number of rotatable bonds is 2. The van der Waals surface area contributed by atoms with Gasteiger partial charge in [0.25, 0.3) is 0 Å². The zero-order valence-corrected chi connectivity index (χ0v) is 10.8. The van der Waals surface area contributed by atoms with Crippen LogP contribution in [0.1, 0.15) is 22.5 Å². The maximum Gasteiger partial charge on any atom is 0.418 e. The molecule has 0 bridgehead atoms. The SMILES string of the molecule is Cc1ccc(C)n1-c1ccc(CN)cc1C(F)(F)F. The van der Waals surface area contributed by atoms with Gasteiger partial charge < -0.3 is 10.3 Å². The van der Waals surface area contributed by atoms with E-state index in [0.717, 1.165) is 17.5 Å². The first-order valence-corrected chi connectivity index (χ1v) is 5.90. The van der Waals surface area contributed by atoms with Crippen LogP contribution in [0, 0.1) is 13.8 Å². The van der Waals surface area contributed by atoms with Crippen LogP contribution in [0.5, 0.6) is 0 Å². The molecule has 0 spiro atoms. The van der Waals surface area contributed by atoms with Gasteiger partial charge in [-0.1, -0.05) is 6.07 Å². The first-order valence-electron chi connectivity index (χ1n) is 5.90. The Morgan fingerprint density at radius 3 is 2.11 bits per heavy atom. The fourth-order valence-electron chi connectivity index (χ4n) is 2.18. The molecule has 2 aromatic rings. The van der Waals surface area contributed by atoms with Gasteiger partial charge in [0.2, 0.25) is 0 Å². The van der Waals surface area contributed by atoms with Gasteiger partial charge in [0.05, 0.1) is 11.3 Å². The summed E-state index contributed by atoms with van der Waals surface area (Å²) < 4.78 is 41.1. The number of hydrogen-bond donors (Lipinski definition) is 1. The van der Waals surface area contributed by atoms with Crippen molar-refractivity contribution in [2.24, 2.45) is 5.73 Å². The van der Waals surface area contributed by atoms with E-state index in [1.807, 2.05) is 0 Å². The van der Waals surface area contributed by atoms with E-state index < -0.39 is 11.7 Å². The molecule has 5 heteroatoms. The van der Waals surface area contributed by atoms with Crippen molar-refractivity contribution in [1.82, 2.24) is 4.57 Å². The Bertz CT molecular complexity index is 578. The van der Waals surface area contributed by atoms with E-state index in [9.17, 15) is 13.2 Å².